The molecule has 5 aliphatic heterocycles. The van der Waals surface area contributed by atoms with Crippen molar-refractivity contribution in [1.82, 2.24) is 30.2 Å². The fourth-order valence-electron chi connectivity index (χ4n) is 10.7. The topological polar surface area (TPSA) is 98.8 Å². The third-order valence-corrected chi connectivity index (χ3v) is 13.4. The lowest BCUT2D eigenvalue weighted by Gasteiger charge is -2.60. The maximum Gasteiger partial charge on any atom is 0.256 e. The van der Waals surface area contributed by atoms with E-state index in [0.29, 0.717) is 31.0 Å². The van der Waals surface area contributed by atoms with E-state index in [9.17, 15) is 9.59 Å². The molecule has 1 amide bonds. The number of amides is 1. The van der Waals surface area contributed by atoms with Gasteiger partial charge in [-0.3, -0.25) is 14.5 Å². The summed E-state index contributed by atoms with van der Waals surface area (Å²) in [6.45, 7) is 10.7. The summed E-state index contributed by atoms with van der Waals surface area (Å²) < 4.78 is 35.5. The maximum atomic E-state index is 16.3. The normalized spacial score (nSPS) is 41.3. The van der Waals surface area contributed by atoms with E-state index < -0.39 is 24.2 Å². The number of fused-ring (bicyclic) bond motifs is 5. The average molecular weight is 687 g/mol. The molecule has 2 N–H and O–H groups in total. The Morgan fingerprint density at radius 1 is 0.878 bits per heavy atom. The second kappa shape index (κ2) is 15.1. The molecule has 7 fully saturated rings. The minimum atomic E-state index is -1.22. The van der Waals surface area contributed by atoms with Gasteiger partial charge >= 0.3 is 0 Å². The van der Waals surface area contributed by atoms with Gasteiger partial charge in [-0.1, -0.05) is 12.8 Å². The van der Waals surface area contributed by atoms with Crippen LogP contribution in [0, 0.1) is 17.8 Å². The molecule has 3 aliphatic carbocycles. The Kier molecular flexibility index (Phi) is 10.6. The van der Waals surface area contributed by atoms with Gasteiger partial charge in [0.15, 0.2) is 5.78 Å². The first-order valence-corrected chi connectivity index (χ1v) is 19.7. The molecule has 0 aromatic heterocycles. The number of alkyl halides is 1. The van der Waals surface area contributed by atoms with Crippen molar-refractivity contribution < 1.29 is 28.2 Å². The molecule has 12 heteroatoms. The number of rotatable bonds is 10. The van der Waals surface area contributed by atoms with E-state index in [2.05, 4.69) is 37.3 Å². The van der Waals surface area contributed by atoms with E-state index in [1.807, 2.05) is 6.20 Å². The lowest BCUT2D eigenvalue weighted by atomic mass is 9.67. The minimum absolute atomic E-state index is 0.0106. The Morgan fingerprint density at radius 2 is 1.63 bits per heavy atom. The molecule has 0 bridgehead atoms. The van der Waals surface area contributed by atoms with Crippen LogP contribution in [-0.4, -0.2) is 166 Å². The molecule has 11 unspecified atom stereocenters. The van der Waals surface area contributed by atoms with Crippen LogP contribution >= 0.6 is 0 Å². The number of hydrogen-bond donors (Lipinski definition) is 2. The first kappa shape index (κ1) is 34.4. The van der Waals surface area contributed by atoms with E-state index in [4.69, 9.17) is 14.2 Å². The van der Waals surface area contributed by atoms with Crippen LogP contribution in [0.5, 0.6) is 0 Å². The molecular weight excluding hydrogens is 627 g/mol. The molecule has 11 nitrogen and oxygen atoms in total. The van der Waals surface area contributed by atoms with E-state index in [-0.39, 0.29) is 48.0 Å². The molecule has 49 heavy (non-hydrogen) atoms. The van der Waals surface area contributed by atoms with E-state index >= 15 is 4.39 Å². The highest BCUT2D eigenvalue weighted by Crippen LogP contribution is 2.52. The van der Waals surface area contributed by atoms with Crippen molar-refractivity contribution in [3.63, 3.8) is 0 Å². The summed E-state index contributed by atoms with van der Waals surface area (Å²) in [7, 11) is 2.17. The number of hydrogen-bond acceptors (Lipinski definition) is 10. The summed E-state index contributed by atoms with van der Waals surface area (Å²) in [6, 6.07) is -0.751. The van der Waals surface area contributed by atoms with Crippen LogP contribution in [0.1, 0.15) is 57.8 Å². The van der Waals surface area contributed by atoms with Crippen molar-refractivity contribution >= 4 is 11.7 Å². The van der Waals surface area contributed by atoms with Crippen LogP contribution in [-0.2, 0) is 23.8 Å². The second-order valence-corrected chi connectivity index (χ2v) is 16.2. The molecule has 0 spiro atoms. The summed E-state index contributed by atoms with van der Waals surface area (Å²) in [6.07, 6.45) is 9.07. The zero-order valence-corrected chi connectivity index (χ0v) is 29.5. The van der Waals surface area contributed by atoms with Crippen molar-refractivity contribution in [3.8, 4) is 0 Å². The van der Waals surface area contributed by atoms with Gasteiger partial charge in [0.1, 0.15) is 6.17 Å². The first-order valence-electron chi connectivity index (χ1n) is 19.7. The molecule has 274 valence electrons. The fraction of sp³-hybridized carbons (Fsp3) is 0.892. The molecule has 5 heterocycles. The van der Waals surface area contributed by atoms with Crippen LogP contribution in [0.2, 0.25) is 0 Å². The molecule has 0 aromatic rings. The summed E-state index contributed by atoms with van der Waals surface area (Å²) in [5.41, 5.74) is 0.181. The Labute approximate surface area is 291 Å². The van der Waals surface area contributed by atoms with Gasteiger partial charge in [-0.15, -0.1) is 0 Å². The number of ether oxygens (including phenoxy) is 3. The number of ketones is 1. The van der Waals surface area contributed by atoms with Crippen molar-refractivity contribution in [2.45, 2.75) is 107 Å². The largest absolute Gasteiger partial charge is 0.379 e. The number of carbonyl (C=O) groups excluding carboxylic acids is 2. The monoisotopic (exact) mass is 686 g/mol. The van der Waals surface area contributed by atoms with Crippen LogP contribution in [0.3, 0.4) is 0 Å². The van der Waals surface area contributed by atoms with Gasteiger partial charge < -0.3 is 39.5 Å². The molecule has 0 aromatic carbocycles. The van der Waals surface area contributed by atoms with Gasteiger partial charge in [0, 0.05) is 57.9 Å². The number of Topliss-reactive ketones (excluding diaryl/α,β-unsaturated/α-hetero) is 1. The van der Waals surface area contributed by atoms with Crippen molar-refractivity contribution in [2.75, 3.05) is 85.7 Å². The van der Waals surface area contributed by atoms with E-state index in [0.717, 1.165) is 97.7 Å². The second-order valence-electron chi connectivity index (χ2n) is 16.2. The van der Waals surface area contributed by atoms with Crippen LogP contribution in [0.15, 0.2) is 11.8 Å². The number of halogens is 1. The predicted octanol–water partition coefficient (Wildman–Crippen LogP) is 1.42. The van der Waals surface area contributed by atoms with Crippen LogP contribution in [0.25, 0.3) is 0 Å². The standard InChI is InChI=1S/C37H59FN6O5/c1-41-12-14-42(15-13-41)10-4-8-39-33-28(38)20-26-34-36(33)49-32-21-25-24-6-2-3-7-30(24)48-31(25)22-29(32)44(34)23-27(35(26)45)37(46)40-9-5-11-43-16-18-47-19-17-43/h23-26,28-34,36,39H,2-22H2,1H3,(H,40,46). The molecule has 8 rings (SSSR count). The van der Waals surface area contributed by atoms with E-state index in [1.165, 1.54) is 19.3 Å². The number of likely N-dealkylation sites (N-methyl/N-ethyl adjacent to an activating group) is 1. The summed E-state index contributed by atoms with van der Waals surface area (Å²) in [4.78, 5) is 37.2. The molecule has 8 aliphatic rings. The molecule has 3 saturated carbocycles. The summed E-state index contributed by atoms with van der Waals surface area (Å²) >= 11 is 0. The highest BCUT2D eigenvalue weighted by Gasteiger charge is 2.61. The van der Waals surface area contributed by atoms with Crippen LogP contribution in [0.4, 0.5) is 4.39 Å². The SMILES string of the molecule is CN1CCN(CCCNC2C(F)CC3C(=O)C(C(=O)NCCCN4CCOCC4)=CN4C5CC6OC7CCCCC7C6CC5OC2C34)CC1. The number of morpholine rings is 2. The number of nitrogens with zero attached hydrogens (tertiary/aromatic N) is 4. The molecule has 0 radical (unpaired) electrons. The predicted molar refractivity (Wildman–Crippen MR) is 183 cm³/mol. The lowest BCUT2D eigenvalue weighted by molar-refractivity contribution is -0.209. The molecule has 4 saturated heterocycles. The van der Waals surface area contributed by atoms with Gasteiger partial charge in [0.2, 0.25) is 0 Å². The molecule has 11 atom stereocenters. The van der Waals surface area contributed by atoms with Crippen LogP contribution < -0.4 is 10.6 Å². The van der Waals surface area contributed by atoms with Gasteiger partial charge in [0.05, 0.1) is 61.3 Å². The highest BCUT2D eigenvalue weighted by molar-refractivity contribution is 6.20. The van der Waals surface area contributed by atoms with Crippen molar-refractivity contribution in [1.29, 1.82) is 0 Å². The Balaban J connectivity index is 0.983. The van der Waals surface area contributed by atoms with Gasteiger partial charge in [-0.2, -0.15) is 0 Å². The fourth-order valence-corrected chi connectivity index (χ4v) is 10.7. The third kappa shape index (κ3) is 7.09. The number of nitrogens with one attached hydrogen (secondary N) is 2. The third-order valence-electron chi connectivity index (χ3n) is 13.4. The Bertz CT molecular complexity index is 1210. The van der Waals surface area contributed by atoms with Crippen molar-refractivity contribution in [3.05, 3.63) is 11.8 Å². The minimum Gasteiger partial charge on any atom is -0.379 e. The maximum absolute atomic E-state index is 16.3. The quantitative estimate of drug-likeness (QED) is 0.260. The summed E-state index contributed by atoms with van der Waals surface area (Å²) in [5.74, 6) is -0.125. The Morgan fingerprint density at radius 3 is 2.45 bits per heavy atom. The number of carbonyl (C=O) groups is 2. The highest BCUT2D eigenvalue weighted by atomic mass is 19.1. The van der Waals surface area contributed by atoms with Gasteiger partial charge in [0.25, 0.3) is 5.91 Å². The Hall–Kier alpha value is -1.67. The van der Waals surface area contributed by atoms with Gasteiger partial charge in [-0.05, 0) is 83.5 Å². The number of piperazine rings is 1. The van der Waals surface area contributed by atoms with E-state index in [1.54, 1.807) is 0 Å². The zero-order chi connectivity index (χ0) is 33.5. The van der Waals surface area contributed by atoms with Gasteiger partial charge in [-0.25, -0.2) is 4.39 Å². The van der Waals surface area contributed by atoms with Crippen molar-refractivity contribution in [2.24, 2.45) is 17.8 Å². The summed E-state index contributed by atoms with van der Waals surface area (Å²) in [5, 5.41) is 6.63. The molecular formula is C37H59FN6O5. The lowest BCUT2D eigenvalue weighted by Crippen LogP contribution is -2.73. The first-order chi connectivity index (χ1) is 23.9. The smallest absolute Gasteiger partial charge is 0.256 e. The zero-order valence-electron chi connectivity index (χ0n) is 29.5. The average Bonchev–Trinajstić information content (AvgIpc) is 3.48.